The molecule has 1 aliphatic carbocycles. The first-order chi connectivity index (χ1) is 11.2. The molecule has 0 aromatic heterocycles. The van der Waals surface area contributed by atoms with E-state index in [1.807, 2.05) is 18.2 Å². The SMILES string of the molecule is COC(=O)CCCc1ccccc1O.OC/C=C/C1CCCC1. The second kappa shape index (κ2) is 11.7. The highest BCUT2D eigenvalue weighted by atomic mass is 16.5. The second-order valence-corrected chi connectivity index (χ2v) is 5.71. The van der Waals surface area contributed by atoms with Crippen LogP contribution >= 0.6 is 0 Å². The van der Waals surface area contributed by atoms with Gasteiger partial charge in [-0.15, -0.1) is 0 Å². The number of benzene rings is 1. The molecule has 0 bridgehead atoms. The van der Waals surface area contributed by atoms with Crippen molar-refractivity contribution in [3.8, 4) is 5.75 Å². The lowest BCUT2D eigenvalue weighted by molar-refractivity contribution is -0.140. The molecule has 1 aromatic rings. The molecule has 0 radical (unpaired) electrons. The average molecular weight is 320 g/mol. The maximum absolute atomic E-state index is 10.8. The fourth-order valence-electron chi connectivity index (χ4n) is 2.65. The zero-order valence-corrected chi connectivity index (χ0v) is 13.9. The van der Waals surface area contributed by atoms with Gasteiger partial charge in [-0.1, -0.05) is 43.2 Å². The van der Waals surface area contributed by atoms with Gasteiger partial charge in [-0.25, -0.2) is 0 Å². The molecule has 0 atom stereocenters. The number of aliphatic hydroxyl groups is 1. The zero-order chi connectivity index (χ0) is 16.9. The lowest BCUT2D eigenvalue weighted by atomic mass is 10.1. The van der Waals surface area contributed by atoms with Gasteiger partial charge in [-0.05, 0) is 43.2 Å². The van der Waals surface area contributed by atoms with E-state index in [4.69, 9.17) is 5.11 Å². The Bertz CT molecular complexity index is 476. The van der Waals surface area contributed by atoms with Crippen LogP contribution in [0.25, 0.3) is 0 Å². The number of hydrogen-bond donors (Lipinski definition) is 2. The van der Waals surface area contributed by atoms with Crippen LogP contribution in [0.2, 0.25) is 0 Å². The molecule has 4 heteroatoms. The molecule has 1 aromatic carbocycles. The molecule has 1 saturated carbocycles. The molecule has 1 aliphatic rings. The highest BCUT2D eigenvalue weighted by Crippen LogP contribution is 2.25. The van der Waals surface area contributed by atoms with Crippen LogP contribution in [0.4, 0.5) is 0 Å². The summed E-state index contributed by atoms with van der Waals surface area (Å²) < 4.78 is 4.52. The quantitative estimate of drug-likeness (QED) is 0.620. The average Bonchev–Trinajstić information content (AvgIpc) is 3.08. The number of phenolic OH excluding ortho intramolecular Hbond substituents is 1. The van der Waals surface area contributed by atoms with Crippen molar-refractivity contribution in [2.45, 2.75) is 44.9 Å². The Morgan fingerprint density at radius 2 is 2.00 bits per heavy atom. The lowest BCUT2D eigenvalue weighted by Gasteiger charge is -2.02. The standard InChI is InChI=1S/C11H14O3.C8H14O/c1-14-11(13)8-4-6-9-5-2-3-7-10(9)12;9-7-3-6-8-4-1-2-5-8/h2-3,5,7,12H,4,6,8H2,1H3;3,6,8-9H,1-2,4-5,7H2/b;6-3+. The number of hydrogen-bond acceptors (Lipinski definition) is 4. The van der Waals surface area contributed by atoms with Gasteiger partial charge in [0, 0.05) is 6.42 Å². The summed E-state index contributed by atoms with van der Waals surface area (Å²) in [6.45, 7) is 0.205. The number of aromatic hydroxyl groups is 1. The van der Waals surface area contributed by atoms with Crippen LogP contribution in [0, 0.1) is 5.92 Å². The number of phenols is 1. The number of methoxy groups -OCH3 is 1. The number of allylic oxidation sites excluding steroid dienone is 1. The summed E-state index contributed by atoms with van der Waals surface area (Å²) in [6.07, 6.45) is 11.2. The first-order valence-electron chi connectivity index (χ1n) is 8.28. The molecule has 0 aliphatic heterocycles. The van der Waals surface area contributed by atoms with Gasteiger partial charge >= 0.3 is 5.97 Å². The summed E-state index contributed by atoms with van der Waals surface area (Å²) in [5.74, 6) is 0.856. The minimum absolute atomic E-state index is 0.205. The van der Waals surface area contributed by atoms with Crippen molar-refractivity contribution in [2.24, 2.45) is 5.92 Å². The number of aliphatic hydroxyl groups excluding tert-OH is 1. The van der Waals surface area contributed by atoms with Crippen LogP contribution in [-0.4, -0.2) is 29.9 Å². The van der Waals surface area contributed by atoms with E-state index in [1.54, 1.807) is 12.1 Å². The maximum Gasteiger partial charge on any atom is 0.305 e. The molecule has 0 heterocycles. The Labute approximate surface area is 138 Å². The van der Waals surface area contributed by atoms with Crippen LogP contribution in [0.3, 0.4) is 0 Å². The van der Waals surface area contributed by atoms with Crippen molar-refractivity contribution in [2.75, 3.05) is 13.7 Å². The van der Waals surface area contributed by atoms with Crippen LogP contribution < -0.4 is 0 Å². The summed E-state index contributed by atoms with van der Waals surface area (Å²) in [5.41, 5.74) is 0.872. The molecule has 0 amide bonds. The Hall–Kier alpha value is -1.81. The molecular formula is C19H28O4. The molecule has 1 fully saturated rings. The molecule has 0 spiro atoms. The zero-order valence-electron chi connectivity index (χ0n) is 13.9. The summed E-state index contributed by atoms with van der Waals surface area (Å²) in [4.78, 5) is 10.8. The van der Waals surface area contributed by atoms with Crippen molar-refractivity contribution in [1.82, 2.24) is 0 Å². The van der Waals surface area contributed by atoms with E-state index in [2.05, 4.69) is 10.8 Å². The molecule has 2 N–H and O–H groups in total. The highest BCUT2D eigenvalue weighted by molar-refractivity contribution is 5.69. The van der Waals surface area contributed by atoms with E-state index in [0.29, 0.717) is 19.3 Å². The third-order valence-corrected chi connectivity index (χ3v) is 3.96. The fraction of sp³-hybridized carbons (Fsp3) is 0.526. The van der Waals surface area contributed by atoms with E-state index in [-0.39, 0.29) is 18.3 Å². The third-order valence-electron chi connectivity index (χ3n) is 3.96. The minimum atomic E-state index is -0.208. The van der Waals surface area contributed by atoms with Crippen molar-refractivity contribution >= 4 is 5.97 Å². The predicted octanol–water partition coefficient (Wildman–Crippen LogP) is 3.61. The van der Waals surface area contributed by atoms with Gasteiger partial charge in [-0.3, -0.25) is 4.79 Å². The minimum Gasteiger partial charge on any atom is -0.508 e. The maximum atomic E-state index is 10.8. The van der Waals surface area contributed by atoms with Crippen LogP contribution in [0.5, 0.6) is 5.75 Å². The fourth-order valence-corrected chi connectivity index (χ4v) is 2.65. The van der Waals surface area contributed by atoms with Crippen LogP contribution in [0.15, 0.2) is 36.4 Å². The Balaban J connectivity index is 0.000000253. The van der Waals surface area contributed by atoms with Crippen molar-refractivity contribution in [3.63, 3.8) is 0 Å². The Morgan fingerprint density at radius 3 is 2.61 bits per heavy atom. The van der Waals surface area contributed by atoms with E-state index >= 15 is 0 Å². The predicted molar refractivity (Wildman–Crippen MR) is 91.2 cm³/mol. The first-order valence-corrected chi connectivity index (χ1v) is 8.28. The highest BCUT2D eigenvalue weighted by Gasteiger charge is 2.10. The van der Waals surface area contributed by atoms with Gasteiger partial charge in [0.2, 0.25) is 0 Å². The number of ether oxygens (including phenoxy) is 1. The largest absolute Gasteiger partial charge is 0.508 e. The Morgan fingerprint density at radius 1 is 1.30 bits per heavy atom. The smallest absolute Gasteiger partial charge is 0.305 e. The number of esters is 1. The monoisotopic (exact) mass is 320 g/mol. The topological polar surface area (TPSA) is 66.8 Å². The molecule has 0 saturated heterocycles. The number of carbonyl (C=O) groups is 1. The molecule has 23 heavy (non-hydrogen) atoms. The summed E-state index contributed by atoms with van der Waals surface area (Å²) in [7, 11) is 1.38. The number of rotatable bonds is 6. The van der Waals surface area contributed by atoms with Crippen LogP contribution in [0.1, 0.15) is 44.1 Å². The van der Waals surface area contributed by atoms with Gasteiger partial charge in [-0.2, -0.15) is 0 Å². The molecule has 0 unspecified atom stereocenters. The van der Waals surface area contributed by atoms with Gasteiger partial charge in [0.25, 0.3) is 0 Å². The van der Waals surface area contributed by atoms with E-state index < -0.39 is 0 Å². The summed E-state index contributed by atoms with van der Waals surface area (Å²) >= 11 is 0. The van der Waals surface area contributed by atoms with Crippen LogP contribution in [-0.2, 0) is 16.0 Å². The van der Waals surface area contributed by atoms with Crippen molar-refractivity contribution in [3.05, 3.63) is 42.0 Å². The van der Waals surface area contributed by atoms with E-state index in [0.717, 1.165) is 11.5 Å². The van der Waals surface area contributed by atoms with Crippen molar-refractivity contribution < 1.29 is 19.7 Å². The van der Waals surface area contributed by atoms with Gasteiger partial charge in [0.1, 0.15) is 5.75 Å². The molecule has 4 nitrogen and oxygen atoms in total. The molecule has 2 rings (SSSR count). The third kappa shape index (κ3) is 8.41. The first kappa shape index (κ1) is 19.2. The summed E-state index contributed by atoms with van der Waals surface area (Å²) in [6, 6.07) is 7.15. The number of aryl methyl sites for hydroxylation is 1. The number of carbonyl (C=O) groups excluding carboxylic acids is 1. The number of para-hydroxylation sites is 1. The second-order valence-electron chi connectivity index (χ2n) is 5.71. The Kier molecular flexibility index (Phi) is 9.80. The van der Waals surface area contributed by atoms with Gasteiger partial charge < -0.3 is 14.9 Å². The molecular weight excluding hydrogens is 292 g/mol. The van der Waals surface area contributed by atoms with E-state index in [1.165, 1.54) is 32.8 Å². The normalized spacial score (nSPS) is 14.5. The van der Waals surface area contributed by atoms with Gasteiger partial charge in [0.15, 0.2) is 0 Å². The van der Waals surface area contributed by atoms with E-state index in [9.17, 15) is 9.90 Å². The van der Waals surface area contributed by atoms with Gasteiger partial charge in [0.05, 0.1) is 13.7 Å². The lowest BCUT2D eigenvalue weighted by Crippen LogP contribution is -2.00. The molecule has 128 valence electrons. The van der Waals surface area contributed by atoms with Crippen molar-refractivity contribution in [1.29, 1.82) is 0 Å². The summed E-state index contributed by atoms with van der Waals surface area (Å²) in [5, 5.41) is 17.9.